The molecule has 0 unspecified atom stereocenters. The molecule has 2 saturated carbocycles. The van der Waals surface area contributed by atoms with E-state index in [1.54, 1.807) is 6.92 Å². The monoisotopic (exact) mass is 208 g/mol. The van der Waals surface area contributed by atoms with E-state index in [0.717, 1.165) is 18.4 Å². The summed E-state index contributed by atoms with van der Waals surface area (Å²) in [7, 11) is 0. The SMILES string of the molecule is C=C1C[C@@]2(C(=O)OCC)CCC[C@H]1C2=O. The summed E-state index contributed by atoms with van der Waals surface area (Å²) in [5.41, 5.74) is 0.0567. The van der Waals surface area contributed by atoms with Crippen molar-refractivity contribution in [3.05, 3.63) is 12.2 Å². The van der Waals surface area contributed by atoms with Crippen molar-refractivity contribution < 1.29 is 14.3 Å². The summed E-state index contributed by atoms with van der Waals surface area (Å²) in [4.78, 5) is 23.9. The molecule has 0 aromatic rings. The maximum Gasteiger partial charge on any atom is 0.319 e. The molecule has 2 atom stereocenters. The van der Waals surface area contributed by atoms with E-state index in [9.17, 15) is 9.59 Å². The number of carbonyl (C=O) groups excluding carboxylic acids is 2. The second-order valence-corrected chi connectivity index (χ2v) is 4.45. The van der Waals surface area contributed by atoms with Crippen molar-refractivity contribution >= 4 is 11.8 Å². The summed E-state index contributed by atoms with van der Waals surface area (Å²) in [5, 5.41) is 0. The van der Waals surface area contributed by atoms with Crippen LogP contribution in [0.3, 0.4) is 0 Å². The molecule has 82 valence electrons. The zero-order valence-corrected chi connectivity index (χ0v) is 9.04. The highest BCUT2D eigenvalue weighted by Gasteiger charge is 2.57. The summed E-state index contributed by atoms with van der Waals surface area (Å²) in [5.74, 6) is -0.362. The van der Waals surface area contributed by atoms with Gasteiger partial charge in [-0.2, -0.15) is 0 Å². The molecule has 0 saturated heterocycles. The number of hydrogen-bond donors (Lipinski definition) is 0. The number of Topliss-reactive ketones (excluding diaryl/α,β-unsaturated/α-hetero) is 1. The van der Waals surface area contributed by atoms with E-state index in [4.69, 9.17) is 4.74 Å². The molecule has 2 bridgehead atoms. The minimum Gasteiger partial charge on any atom is -0.465 e. The first-order chi connectivity index (χ1) is 7.12. The van der Waals surface area contributed by atoms with E-state index in [-0.39, 0.29) is 17.7 Å². The fraction of sp³-hybridized carbons (Fsp3) is 0.667. The fourth-order valence-corrected chi connectivity index (χ4v) is 2.82. The Labute approximate surface area is 89.5 Å². The lowest BCUT2D eigenvalue weighted by Gasteiger charge is -2.28. The van der Waals surface area contributed by atoms with Gasteiger partial charge in [-0.3, -0.25) is 9.59 Å². The van der Waals surface area contributed by atoms with E-state index in [2.05, 4.69) is 6.58 Å². The Hall–Kier alpha value is -1.12. The maximum absolute atomic E-state index is 12.1. The number of carbonyl (C=O) groups is 2. The molecule has 0 heterocycles. The second kappa shape index (κ2) is 3.47. The molecule has 3 heteroatoms. The molecule has 0 N–H and O–H groups in total. The molecule has 2 aliphatic rings. The molecular formula is C12H16O3. The zero-order chi connectivity index (χ0) is 11.1. The Morgan fingerprint density at radius 1 is 1.67 bits per heavy atom. The first-order valence-electron chi connectivity index (χ1n) is 5.51. The number of ether oxygens (including phenoxy) is 1. The molecular weight excluding hydrogens is 192 g/mol. The molecule has 2 rings (SSSR count). The zero-order valence-electron chi connectivity index (χ0n) is 9.04. The van der Waals surface area contributed by atoms with Crippen LogP contribution in [0.25, 0.3) is 0 Å². The molecule has 0 spiro atoms. The van der Waals surface area contributed by atoms with Crippen LogP contribution < -0.4 is 0 Å². The Balaban J connectivity index is 2.30. The quantitative estimate of drug-likeness (QED) is 0.395. The van der Waals surface area contributed by atoms with Gasteiger partial charge in [-0.15, -0.1) is 0 Å². The van der Waals surface area contributed by atoms with Crippen LogP contribution >= 0.6 is 0 Å². The molecule has 0 aromatic carbocycles. The van der Waals surface area contributed by atoms with Crippen LogP contribution in [0.1, 0.15) is 32.6 Å². The third kappa shape index (κ3) is 1.33. The van der Waals surface area contributed by atoms with Crippen LogP contribution in [0.2, 0.25) is 0 Å². The summed E-state index contributed by atoms with van der Waals surface area (Å²) >= 11 is 0. The lowest BCUT2D eigenvalue weighted by Crippen LogP contribution is -2.41. The predicted octanol–water partition coefficient (Wildman–Crippen LogP) is 1.86. The topological polar surface area (TPSA) is 43.4 Å². The minimum atomic E-state index is -0.865. The van der Waals surface area contributed by atoms with E-state index >= 15 is 0 Å². The summed E-state index contributed by atoms with van der Waals surface area (Å²) < 4.78 is 5.02. The molecule has 0 amide bonds. The van der Waals surface area contributed by atoms with Crippen LogP contribution in [-0.4, -0.2) is 18.4 Å². The Morgan fingerprint density at radius 2 is 2.40 bits per heavy atom. The smallest absolute Gasteiger partial charge is 0.319 e. The van der Waals surface area contributed by atoms with Crippen molar-refractivity contribution in [3.63, 3.8) is 0 Å². The second-order valence-electron chi connectivity index (χ2n) is 4.45. The van der Waals surface area contributed by atoms with Gasteiger partial charge in [0.1, 0.15) is 5.41 Å². The van der Waals surface area contributed by atoms with Crippen molar-refractivity contribution in [3.8, 4) is 0 Å². The van der Waals surface area contributed by atoms with E-state index in [1.165, 1.54) is 0 Å². The summed E-state index contributed by atoms with van der Waals surface area (Å²) in [6.45, 7) is 6.01. The van der Waals surface area contributed by atoms with Crippen LogP contribution in [0.4, 0.5) is 0 Å². The standard InChI is InChI=1S/C12H16O3/c1-3-15-11(14)12-6-4-5-9(10(12)13)8(2)7-12/h9H,2-7H2,1H3/t9-,12+/m1/s1. The number of ketones is 1. The molecule has 0 aliphatic heterocycles. The minimum absolute atomic E-state index is 0.0530. The van der Waals surface area contributed by atoms with E-state index < -0.39 is 5.41 Å². The van der Waals surface area contributed by atoms with Gasteiger partial charge in [0.2, 0.25) is 0 Å². The van der Waals surface area contributed by atoms with Crippen molar-refractivity contribution in [2.24, 2.45) is 11.3 Å². The number of esters is 1. The molecule has 0 radical (unpaired) electrons. The highest BCUT2D eigenvalue weighted by atomic mass is 16.5. The van der Waals surface area contributed by atoms with Gasteiger partial charge in [0.25, 0.3) is 0 Å². The third-order valence-electron chi connectivity index (χ3n) is 3.57. The highest BCUT2D eigenvalue weighted by Crippen LogP contribution is 2.51. The van der Waals surface area contributed by atoms with Gasteiger partial charge in [0, 0.05) is 5.92 Å². The lowest BCUT2D eigenvalue weighted by molar-refractivity contribution is -0.161. The van der Waals surface area contributed by atoms with Crippen molar-refractivity contribution in [2.45, 2.75) is 32.6 Å². The largest absolute Gasteiger partial charge is 0.465 e. The molecule has 3 nitrogen and oxygen atoms in total. The maximum atomic E-state index is 12.1. The number of allylic oxidation sites excluding steroid dienone is 1. The van der Waals surface area contributed by atoms with Crippen molar-refractivity contribution in [1.29, 1.82) is 0 Å². The molecule has 2 fully saturated rings. The van der Waals surface area contributed by atoms with Crippen molar-refractivity contribution in [2.75, 3.05) is 6.61 Å². The van der Waals surface area contributed by atoms with Crippen LogP contribution in [0.5, 0.6) is 0 Å². The van der Waals surface area contributed by atoms with Gasteiger partial charge < -0.3 is 4.74 Å². The van der Waals surface area contributed by atoms with Gasteiger partial charge in [-0.05, 0) is 26.2 Å². The lowest BCUT2D eigenvalue weighted by atomic mass is 9.74. The van der Waals surface area contributed by atoms with Gasteiger partial charge in [0.15, 0.2) is 5.78 Å². The van der Waals surface area contributed by atoms with Gasteiger partial charge in [-0.1, -0.05) is 18.6 Å². The van der Waals surface area contributed by atoms with Crippen LogP contribution in [0.15, 0.2) is 12.2 Å². The number of rotatable bonds is 2. The normalized spacial score (nSPS) is 34.3. The van der Waals surface area contributed by atoms with Crippen molar-refractivity contribution in [1.82, 2.24) is 0 Å². The first kappa shape index (κ1) is 10.4. The Bertz CT molecular complexity index is 332. The summed E-state index contributed by atoms with van der Waals surface area (Å²) in [6.07, 6.45) is 2.93. The fourth-order valence-electron chi connectivity index (χ4n) is 2.82. The Kier molecular flexibility index (Phi) is 2.41. The first-order valence-corrected chi connectivity index (χ1v) is 5.51. The number of fused-ring (bicyclic) bond motifs is 2. The third-order valence-corrected chi connectivity index (χ3v) is 3.57. The predicted molar refractivity (Wildman–Crippen MR) is 55.2 cm³/mol. The van der Waals surface area contributed by atoms with Gasteiger partial charge in [-0.25, -0.2) is 0 Å². The summed E-state index contributed by atoms with van der Waals surface area (Å²) in [6, 6.07) is 0. The number of hydrogen-bond acceptors (Lipinski definition) is 3. The van der Waals surface area contributed by atoms with Crippen LogP contribution in [0, 0.1) is 11.3 Å². The van der Waals surface area contributed by atoms with Crippen LogP contribution in [-0.2, 0) is 14.3 Å². The average molecular weight is 208 g/mol. The molecule has 2 aliphatic carbocycles. The molecule has 15 heavy (non-hydrogen) atoms. The van der Waals surface area contributed by atoms with Gasteiger partial charge >= 0.3 is 5.97 Å². The average Bonchev–Trinajstić information content (AvgIpc) is 2.37. The van der Waals surface area contributed by atoms with E-state index in [1.807, 2.05) is 0 Å². The molecule has 0 aromatic heterocycles. The Morgan fingerprint density at radius 3 is 3.07 bits per heavy atom. The van der Waals surface area contributed by atoms with E-state index in [0.29, 0.717) is 19.4 Å². The van der Waals surface area contributed by atoms with Gasteiger partial charge in [0.05, 0.1) is 6.61 Å². The highest BCUT2D eigenvalue weighted by molar-refractivity contribution is 6.09.